The minimum absolute atomic E-state index is 0.0957. The maximum atomic E-state index is 12.6. The normalized spacial score (nSPS) is 11.6. The first-order valence-corrected chi connectivity index (χ1v) is 12.2. The molecule has 8 heteroatoms. The average Bonchev–Trinajstić information content (AvgIpc) is 2.79. The van der Waals surface area contributed by atoms with Gasteiger partial charge in [0, 0.05) is 18.3 Å². The fraction of sp³-hybridized carbons (Fsp3) is 0.160. The maximum Gasteiger partial charge on any atom is 0.261 e. The standard InChI is InChI=1S/C25H26ClN3O3S/c1-29(2)18-17-20-7-12-21(13-8-20)27-25(30)16-11-19-9-14-22(15-10-19)33(31,32)28-24-6-4-3-5-23(24)26/h3-16,28H,17-18H2,1-2H3,(H,27,30)/b16-11+. The number of hydrogen-bond acceptors (Lipinski definition) is 4. The van der Waals surface area contributed by atoms with E-state index < -0.39 is 10.0 Å². The van der Waals surface area contributed by atoms with E-state index >= 15 is 0 Å². The van der Waals surface area contributed by atoms with Gasteiger partial charge in [-0.25, -0.2) is 8.42 Å². The number of amides is 1. The highest BCUT2D eigenvalue weighted by molar-refractivity contribution is 7.92. The molecule has 0 aliphatic carbocycles. The summed E-state index contributed by atoms with van der Waals surface area (Å²) < 4.78 is 27.6. The molecule has 0 saturated heterocycles. The fourth-order valence-electron chi connectivity index (χ4n) is 2.97. The molecule has 3 rings (SSSR count). The average molecular weight is 484 g/mol. The Labute approximate surface area is 199 Å². The Balaban J connectivity index is 1.58. The van der Waals surface area contributed by atoms with Crippen LogP contribution in [0.25, 0.3) is 6.08 Å². The van der Waals surface area contributed by atoms with E-state index in [1.165, 1.54) is 23.8 Å². The number of likely N-dealkylation sites (N-methyl/N-ethyl adjacent to an activating group) is 1. The van der Waals surface area contributed by atoms with Gasteiger partial charge in [0.2, 0.25) is 5.91 Å². The second kappa shape index (κ2) is 11.1. The van der Waals surface area contributed by atoms with Crippen LogP contribution in [0.2, 0.25) is 5.02 Å². The number of benzene rings is 3. The molecule has 0 aliphatic heterocycles. The number of anilines is 2. The lowest BCUT2D eigenvalue weighted by Gasteiger charge is -2.10. The summed E-state index contributed by atoms with van der Waals surface area (Å²) in [5.74, 6) is -0.270. The van der Waals surface area contributed by atoms with Crippen molar-refractivity contribution < 1.29 is 13.2 Å². The lowest BCUT2D eigenvalue weighted by atomic mass is 10.1. The highest BCUT2D eigenvalue weighted by atomic mass is 35.5. The van der Waals surface area contributed by atoms with Gasteiger partial charge in [0.25, 0.3) is 10.0 Å². The maximum absolute atomic E-state index is 12.6. The van der Waals surface area contributed by atoms with Gasteiger partial charge in [0.15, 0.2) is 0 Å². The summed E-state index contributed by atoms with van der Waals surface area (Å²) >= 11 is 6.03. The Bertz CT molecular complexity index is 1220. The predicted molar refractivity (Wildman–Crippen MR) is 135 cm³/mol. The smallest absolute Gasteiger partial charge is 0.261 e. The molecule has 0 aliphatic rings. The molecule has 0 bridgehead atoms. The minimum Gasteiger partial charge on any atom is -0.323 e. The molecule has 0 radical (unpaired) electrons. The number of hydrogen-bond donors (Lipinski definition) is 2. The highest BCUT2D eigenvalue weighted by Gasteiger charge is 2.15. The van der Waals surface area contributed by atoms with Crippen molar-refractivity contribution in [3.8, 4) is 0 Å². The van der Waals surface area contributed by atoms with Gasteiger partial charge in [0.05, 0.1) is 15.6 Å². The van der Waals surface area contributed by atoms with E-state index in [0.717, 1.165) is 13.0 Å². The summed E-state index contributed by atoms with van der Waals surface area (Å²) in [5.41, 5.74) is 2.92. The topological polar surface area (TPSA) is 78.5 Å². The van der Waals surface area contributed by atoms with E-state index in [-0.39, 0.29) is 10.8 Å². The molecule has 0 aromatic heterocycles. The van der Waals surface area contributed by atoms with Crippen LogP contribution in [0.15, 0.2) is 83.8 Å². The Morgan fingerprint density at radius 2 is 1.64 bits per heavy atom. The molecule has 3 aromatic carbocycles. The zero-order valence-electron chi connectivity index (χ0n) is 18.5. The number of carbonyl (C=O) groups excluding carboxylic acids is 1. The predicted octanol–water partition coefficient (Wildman–Crippen LogP) is 4.90. The second-order valence-corrected chi connectivity index (χ2v) is 9.82. The molecule has 6 nitrogen and oxygen atoms in total. The van der Waals surface area contributed by atoms with Crippen LogP contribution in [0.4, 0.5) is 11.4 Å². The molecule has 0 saturated carbocycles. The van der Waals surface area contributed by atoms with Crippen molar-refractivity contribution in [2.24, 2.45) is 0 Å². The number of para-hydroxylation sites is 1. The van der Waals surface area contributed by atoms with E-state index in [1.807, 2.05) is 38.4 Å². The lowest BCUT2D eigenvalue weighted by molar-refractivity contribution is -0.111. The van der Waals surface area contributed by atoms with Crippen molar-refractivity contribution in [2.75, 3.05) is 30.7 Å². The Hall–Kier alpha value is -3.13. The van der Waals surface area contributed by atoms with Crippen molar-refractivity contribution in [1.82, 2.24) is 4.90 Å². The van der Waals surface area contributed by atoms with Gasteiger partial charge < -0.3 is 10.2 Å². The molecule has 0 heterocycles. The van der Waals surface area contributed by atoms with Crippen LogP contribution in [0.3, 0.4) is 0 Å². The molecular formula is C25H26ClN3O3S. The van der Waals surface area contributed by atoms with Crippen LogP contribution in [0.1, 0.15) is 11.1 Å². The Morgan fingerprint density at radius 3 is 2.27 bits per heavy atom. The monoisotopic (exact) mass is 483 g/mol. The van der Waals surface area contributed by atoms with Gasteiger partial charge in [-0.05, 0) is 74.1 Å². The van der Waals surface area contributed by atoms with Crippen LogP contribution in [0, 0.1) is 0 Å². The van der Waals surface area contributed by atoms with Crippen molar-refractivity contribution in [3.63, 3.8) is 0 Å². The van der Waals surface area contributed by atoms with Crippen LogP contribution >= 0.6 is 11.6 Å². The van der Waals surface area contributed by atoms with Gasteiger partial charge in [-0.1, -0.05) is 48.0 Å². The number of rotatable bonds is 9. The van der Waals surface area contributed by atoms with Gasteiger partial charge in [0.1, 0.15) is 0 Å². The number of sulfonamides is 1. The third kappa shape index (κ3) is 7.46. The SMILES string of the molecule is CN(C)CCc1ccc(NC(=O)/C=C/c2ccc(S(=O)(=O)Nc3ccccc3Cl)cc2)cc1. The molecule has 3 aromatic rings. The quantitative estimate of drug-likeness (QED) is 0.424. The minimum atomic E-state index is -3.78. The third-order valence-electron chi connectivity index (χ3n) is 4.80. The summed E-state index contributed by atoms with van der Waals surface area (Å²) in [4.78, 5) is 14.4. The summed E-state index contributed by atoms with van der Waals surface area (Å²) in [6.45, 7) is 0.963. The van der Waals surface area contributed by atoms with Gasteiger partial charge in [-0.2, -0.15) is 0 Å². The number of halogens is 1. The van der Waals surface area contributed by atoms with Gasteiger partial charge in [-0.3, -0.25) is 9.52 Å². The van der Waals surface area contributed by atoms with Crippen molar-refractivity contribution in [1.29, 1.82) is 0 Å². The summed E-state index contributed by atoms with van der Waals surface area (Å²) in [6.07, 6.45) is 3.98. The summed E-state index contributed by atoms with van der Waals surface area (Å²) in [7, 11) is 0.288. The van der Waals surface area contributed by atoms with E-state index in [0.29, 0.717) is 22.0 Å². The number of nitrogens with zero attached hydrogens (tertiary/aromatic N) is 1. The van der Waals surface area contributed by atoms with Crippen molar-refractivity contribution >= 4 is 45.0 Å². The number of nitrogens with one attached hydrogen (secondary N) is 2. The molecule has 1 amide bonds. The molecule has 2 N–H and O–H groups in total. The van der Waals surface area contributed by atoms with Gasteiger partial charge in [-0.15, -0.1) is 0 Å². The molecule has 0 fully saturated rings. The molecule has 0 spiro atoms. The molecule has 172 valence electrons. The highest BCUT2D eigenvalue weighted by Crippen LogP contribution is 2.24. The molecule has 0 atom stereocenters. The fourth-order valence-corrected chi connectivity index (χ4v) is 4.29. The first-order valence-electron chi connectivity index (χ1n) is 10.3. The van der Waals surface area contributed by atoms with E-state index in [1.54, 1.807) is 42.5 Å². The second-order valence-electron chi connectivity index (χ2n) is 7.73. The molecular weight excluding hydrogens is 458 g/mol. The Morgan fingerprint density at radius 1 is 0.970 bits per heavy atom. The van der Waals surface area contributed by atoms with E-state index in [2.05, 4.69) is 14.9 Å². The lowest BCUT2D eigenvalue weighted by Crippen LogP contribution is -2.15. The third-order valence-corrected chi connectivity index (χ3v) is 6.52. The summed E-state index contributed by atoms with van der Waals surface area (Å²) in [5, 5.41) is 3.13. The van der Waals surface area contributed by atoms with E-state index in [9.17, 15) is 13.2 Å². The summed E-state index contributed by atoms with van der Waals surface area (Å²) in [6, 6.07) is 20.6. The zero-order chi connectivity index (χ0) is 23.8. The van der Waals surface area contributed by atoms with Crippen molar-refractivity contribution in [2.45, 2.75) is 11.3 Å². The van der Waals surface area contributed by atoms with E-state index in [4.69, 9.17) is 11.6 Å². The number of carbonyl (C=O) groups is 1. The van der Waals surface area contributed by atoms with Crippen LogP contribution in [-0.2, 0) is 21.2 Å². The largest absolute Gasteiger partial charge is 0.323 e. The zero-order valence-corrected chi connectivity index (χ0v) is 20.0. The van der Waals surface area contributed by atoms with Crippen LogP contribution in [-0.4, -0.2) is 39.9 Å². The molecule has 33 heavy (non-hydrogen) atoms. The first kappa shape index (κ1) is 24.5. The molecule has 0 unspecified atom stereocenters. The van der Waals surface area contributed by atoms with Crippen LogP contribution in [0.5, 0.6) is 0 Å². The van der Waals surface area contributed by atoms with Crippen molar-refractivity contribution in [3.05, 3.63) is 95.0 Å². The Kier molecular flexibility index (Phi) is 8.27. The first-order chi connectivity index (χ1) is 15.7. The van der Waals surface area contributed by atoms with Gasteiger partial charge >= 0.3 is 0 Å². The van der Waals surface area contributed by atoms with Crippen LogP contribution < -0.4 is 10.0 Å².